The lowest BCUT2D eigenvalue weighted by molar-refractivity contribution is -0.120. The van der Waals surface area contributed by atoms with Crippen LogP contribution in [0.15, 0.2) is 42.5 Å². The van der Waals surface area contributed by atoms with Gasteiger partial charge in [-0.2, -0.15) is 0 Å². The van der Waals surface area contributed by atoms with Crippen LogP contribution in [0, 0.1) is 19.8 Å². The van der Waals surface area contributed by atoms with Crippen LogP contribution in [0.25, 0.3) is 0 Å². The van der Waals surface area contributed by atoms with E-state index in [0.29, 0.717) is 5.56 Å². The molecule has 0 aliphatic rings. The van der Waals surface area contributed by atoms with Crippen LogP contribution >= 0.6 is 0 Å². The van der Waals surface area contributed by atoms with Gasteiger partial charge in [0.25, 0.3) is 5.91 Å². The average molecular weight is 367 g/mol. The number of carbonyl (C=O) groups excluding carboxylic acids is 2. The molecule has 0 saturated heterocycles. The number of amides is 2. The third kappa shape index (κ3) is 5.95. The van der Waals surface area contributed by atoms with Gasteiger partial charge in [0.2, 0.25) is 5.91 Å². The van der Waals surface area contributed by atoms with Crippen LogP contribution < -0.4 is 10.6 Å². The molecule has 2 amide bonds. The van der Waals surface area contributed by atoms with Crippen molar-refractivity contribution in [2.45, 2.75) is 53.4 Å². The molecule has 27 heavy (non-hydrogen) atoms. The fourth-order valence-corrected chi connectivity index (χ4v) is 3.07. The zero-order valence-electron chi connectivity index (χ0n) is 16.8. The minimum Gasteiger partial charge on any atom is -0.326 e. The van der Waals surface area contributed by atoms with Crippen molar-refractivity contribution in [3.05, 3.63) is 59.2 Å². The maximum Gasteiger partial charge on any atom is 0.255 e. The first-order chi connectivity index (χ1) is 12.9. The number of hydrogen-bond donors (Lipinski definition) is 2. The lowest BCUT2D eigenvalue weighted by Gasteiger charge is -2.15. The third-order valence-electron chi connectivity index (χ3n) is 4.81. The van der Waals surface area contributed by atoms with E-state index in [1.807, 2.05) is 39.0 Å². The molecule has 0 aliphatic carbocycles. The molecule has 2 aromatic rings. The van der Waals surface area contributed by atoms with Gasteiger partial charge in [0.15, 0.2) is 0 Å². The fourth-order valence-electron chi connectivity index (χ4n) is 3.07. The van der Waals surface area contributed by atoms with Crippen molar-refractivity contribution < 1.29 is 9.59 Å². The molecule has 0 spiro atoms. The summed E-state index contributed by atoms with van der Waals surface area (Å²) in [5, 5.41) is 5.90. The quantitative estimate of drug-likeness (QED) is 0.628. The van der Waals surface area contributed by atoms with Crippen LogP contribution in [0.5, 0.6) is 0 Å². The Balaban J connectivity index is 1.99. The number of benzene rings is 2. The van der Waals surface area contributed by atoms with Crippen LogP contribution in [-0.4, -0.2) is 11.8 Å². The van der Waals surface area contributed by atoms with Crippen molar-refractivity contribution >= 4 is 23.2 Å². The molecule has 144 valence electrons. The van der Waals surface area contributed by atoms with E-state index in [2.05, 4.69) is 17.6 Å². The summed E-state index contributed by atoms with van der Waals surface area (Å²) in [5.74, 6) is -0.0647. The van der Waals surface area contributed by atoms with E-state index in [1.54, 1.807) is 24.3 Å². The second-order valence-corrected chi connectivity index (χ2v) is 7.09. The van der Waals surface area contributed by atoms with E-state index >= 15 is 0 Å². The highest BCUT2D eigenvalue weighted by Gasteiger charge is 2.16. The van der Waals surface area contributed by atoms with Gasteiger partial charge in [0.05, 0.1) is 0 Å². The number of anilines is 2. The fraction of sp³-hybridized carbons (Fsp3) is 0.391. The van der Waals surface area contributed by atoms with E-state index in [4.69, 9.17) is 0 Å². The van der Waals surface area contributed by atoms with Crippen LogP contribution in [0.2, 0.25) is 0 Å². The van der Waals surface area contributed by atoms with Crippen molar-refractivity contribution in [2.75, 3.05) is 10.6 Å². The van der Waals surface area contributed by atoms with Gasteiger partial charge >= 0.3 is 0 Å². The summed E-state index contributed by atoms with van der Waals surface area (Å²) in [4.78, 5) is 24.8. The Morgan fingerprint density at radius 3 is 2.26 bits per heavy atom. The van der Waals surface area contributed by atoms with Gasteiger partial charge in [-0.15, -0.1) is 0 Å². The van der Waals surface area contributed by atoms with Crippen molar-refractivity contribution in [3.63, 3.8) is 0 Å². The molecular weight excluding hydrogens is 336 g/mol. The predicted molar refractivity (Wildman–Crippen MR) is 112 cm³/mol. The molecule has 1 atom stereocenters. The number of carbonyl (C=O) groups is 2. The summed E-state index contributed by atoms with van der Waals surface area (Å²) in [6.45, 7) is 8.17. The second kappa shape index (κ2) is 9.91. The molecule has 1 unspecified atom stereocenters. The second-order valence-electron chi connectivity index (χ2n) is 7.09. The zero-order valence-corrected chi connectivity index (χ0v) is 16.8. The standard InChI is InChI=1S/C23H30N2O2/c1-5-7-8-18(6-2)22(26)24-20-12-10-19(11-13-20)23(27)25-21-14-9-16(3)15-17(21)4/h9-15,18H,5-8H2,1-4H3,(H,24,26)(H,25,27). The summed E-state index contributed by atoms with van der Waals surface area (Å²) in [7, 11) is 0. The van der Waals surface area contributed by atoms with Gasteiger partial charge in [-0.3, -0.25) is 9.59 Å². The molecule has 0 aliphatic heterocycles. The number of hydrogen-bond acceptors (Lipinski definition) is 2. The molecule has 2 rings (SSSR count). The van der Waals surface area contributed by atoms with E-state index in [9.17, 15) is 9.59 Å². The molecule has 0 bridgehead atoms. The minimum absolute atomic E-state index is 0.0393. The summed E-state index contributed by atoms with van der Waals surface area (Å²) >= 11 is 0. The summed E-state index contributed by atoms with van der Waals surface area (Å²) in [6.07, 6.45) is 3.90. The van der Waals surface area contributed by atoms with E-state index in [0.717, 1.165) is 48.2 Å². The first-order valence-corrected chi connectivity index (χ1v) is 9.74. The van der Waals surface area contributed by atoms with Crippen LogP contribution in [0.4, 0.5) is 11.4 Å². The molecule has 0 aromatic heterocycles. The smallest absolute Gasteiger partial charge is 0.255 e. The number of nitrogens with one attached hydrogen (secondary N) is 2. The first-order valence-electron chi connectivity index (χ1n) is 9.74. The monoisotopic (exact) mass is 366 g/mol. The van der Waals surface area contributed by atoms with E-state index < -0.39 is 0 Å². The first kappa shape index (κ1) is 20.7. The Kier molecular flexibility index (Phi) is 7.59. The van der Waals surface area contributed by atoms with Gasteiger partial charge in [-0.1, -0.05) is 44.4 Å². The highest BCUT2D eigenvalue weighted by atomic mass is 16.2. The highest BCUT2D eigenvalue weighted by Crippen LogP contribution is 2.19. The SMILES string of the molecule is CCCCC(CC)C(=O)Nc1ccc(C(=O)Nc2ccc(C)cc2C)cc1. The highest BCUT2D eigenvalue weighted by molar-refractivity contribution is 6.05. The lowest BCUT2D eigenvalue weighted by Crippen LogP contribution is -2.22. The molecule has 4 nitrogen and oxygen atoms in total. The van der Waals surface area contributed by atoms with Crippen molar-refractivity contribution in [1.29, 1.82) is 0 Å². The van der Waals surface area contributed by atoms with Gasteiger partial charge < -0.3 is 10.6 Å². The molecule has 2 aromatic carbocycles. The molecular formula is C23H30N2O2. The summed E-state index contributed by atoms with van der Waals surface area (Å²) in [5.41, 5.74) is 4.29. The molecule has 0 saturated carbocycles. The van der Waals surface area contributed by atoms with Crippen LogP contribution in [0.1, 0.15) is 61.0 Å². The predicted octanol–water partition coefficient (Wildman–Crippen LogP) is 5.71. The molecule has 0 radical (unpaired) electrons. The Bertz CT molecular complexity index is 781. The number of aryl methyl sites for hydroxylation is 2. The van der Waals surface area contributed by atoms with Gasteiger partial charge in [0.1, 0.15) is 0 Å². The number of rotatable bonds is 8. The third-order valence-corrected chi connectivity index (χ3v) is 4.81. The Labute approximate surface area is 162 Å². The van der Waals surface area contributed by atoms with Crippen LogP contribution in [0.3, 0.4) is 0 Å². The lowest BCUT2D eigenvalue weighted by atomic mass is 9.98. The normalized spacial score (nSPS) is 11.7. The topological polar surface area (TPSA) is 58.2 Å². The van der Waals surface area contributed by atoms with Crippen molar-refractivity contribution in [2.24, 2.45) is 5.92 Å². The zero-order chi connectivity index (χ0) is 19.8. The van der Waals surface area contributed by atoms with Gasteiger partial charge in [0, 0.05) is 22.9 Å². The Morgan fingerprint density at radius 1 is 0.963 bits per heavy atom. The van der Waals surface area contributed by atoms with Crippen LogP contribution in [-0.2, 0) is 4.79 Å². The van der Waals surface area contributed by atoms with Crippen molar-refractivity contribution in [3.8, 4) is 0 Å². The van der Waals surface area contributed by atoms with E-state index in [-0.39, 0.29) is 17.7 Å². The maximum atomic E-state index is 12.5. The molecule has 4 heteroatoms. The molecule has 0 heterocycles. The summed E-state index contributed by atoms with van der Waals surface area (Å²) in [6, 6.07) is 13.0. The summed E-state index contributed by atoms with van der Waals surface area (Å²) < 4.78 is 0. The van der Waals surface area contributed by atoms with Gasteiger partial charge in [-0.25, -0.2) is 0 Å². The number of unbranched alkanes of at least 4 members (excludes halogenated alkanes) is 1. The molecule has 2 N–H and O–H groups in total. The van der Waals surface area contributed by atoms with E-state index in [1.165, 1.54) is 0 Å². The Morgan fingerprint density at radius 2 is 1.67 bits per heavy atom. The maximum absolute atomic E-state index is 12.5. The Hall–Kier alpha value is -2.62. The minimum atomic E-state index is -0.158. The largest absolute Gasteiger partial charge is 0.326 e. The molecule has 0 fully saturated rings. The average Bonchev–Trinajstić information content (AvgIpc) is 2.65. The van der Waals surface area contributed by atoms with Crippen molar-refractivity contribution in [1.82, 2.24) is 0 Å². The van der Waals surface area contributed by atoms with Gasteiger partial charge in [-0.05, 0) is 62.6 Å².